The van der Waals surface area contributed by atoms with E-state index in [0.717, 1.165) is 40.1 Å². The van der Waals surface area contributed by atoms with Crippen LogP contribution in [0.15, 0.2) is 82.3 Å². The van der Waals surface area contributed by atoms with Crippen LogP contribution in [0, 0.1) is 6.92 Å². The van der Waals surface area contributed by atoms with Crippen molar-refractivity contribution in [2.45, 2.75) is 32.7 Å². The molecular weight excluding hydrogens is 444 g/mol. The van der Waals surface area contributed by atoms with Gasteiger partial charge in [0.15, 0.2) is 0 Å². The number of amides is 2. The van der Waals surface area contributed by atoms with Gasteiger partial charge in [0.25, 0.3) is 5.89 Å². The zero-order valence-corrected chi connectivity index (χ0v) is 20.0. The lowest BCUT2D eigenvalue weighted by atomic mass is 9.94. The topological polar surface area (TPSA) is 71.3 Å². The third-order valence-electron chi connectivity index (χ3n) is 6.09. The van der Waals surface area contributed by atoms with Gasteiger partial charge in [0.1, 0.15) is 0 Å². The van der Waals surface area contributed by atoms with Crippen molar-refractivity contribution in [3.05, 3.63) is 100 Å². The summed E-state index contributed by atoms with van der Waals surface area (Å²) in [6.07, 6.45) is 1.75. The SMILES string of the molecule is CC1=C(c2nc(-c3cccs3)no2)C(c2ccc(C)cc2)NC(=O)N1CCCc1ccccc1. The number of thiophene rings is 1. The fourth-order valence-corrected chi connectivity index (χ4v) is 4.91. The Morgan fingerprint density at radius 3 is 2.56 bits per heavy atom. The maximum absolute atomic E-state index is 13.2. The molecule has 2 amide bonds. The van der Waals surface area contributed by atoms with Crippen LogP contribution in [0.1, 0.15) is 42.0 Å². The Kier molecular flexibility index (Phi) is 6.27. The van der Waals surface area contributed by atoms with E-state index in [9.17, 15) is 4.79 Å². The Bertz CT molecular complexity index is 1290. The van der Waals surface area contributed by atoms with Crippen molar-refractivity contribution in [3.8, 4) is 10.7 Å². The molecule has 0 spiro atoms. The molecule has 0 radical (unpaired) electrons. The van der Waals surface area contributed by atoms with Crippen LogP contribution in [0.4, 0.5) is 4.79 Å². The van der Waals surface area contributed by atoms with Gasteiger partial charge in [-0.2, -0.15) is 4.98 Å². The number of nitrogens with one attached hydrogen (secondary N) is 1. The molecule has 0 saturated carbocycles. The first-order chi connectivity index (χ1) is 16.6. The molecule has 4 aromatic rings. The summed E-state index contributed by atoms with van der Waals surface area (Å²) in [7, 11) is 0. The molecule has 34 heavy (non-hydrogen) atoms. The quantitative estimate of drug-likeness (QED) is 0.347. The van der Waals surface area contributed by atoms with Crippen LogP contribution in [-0.4, -0.2) is 27.6 Å². The minimum absolute atomic E-state index is 0.113. The van der Waals surface area contributed by atoms with E-state index in [0.29, 0.717) is 18.3 Å². The van der Waals surface area contributed by atoms with Gasteiger partial charge in [0, 0.05) is 12.2 Å². The molecule has 3 heterocycles. The summed E-state index contributed by atoms with van der Waals surface area (Å²) >= 11 is 1.56. The van der Waals surface area contributed by atoms with E-state index in [-0.39, 0.29) is 12.1 Å². The van der Waals surface area contributed by atoms with Crippen LogP contribution in [0.5, 0.6) is 0 Å². The minimum Gasteiger partial charge on any atom is -0.334 e. The standard InChI is InChI=1S/C27H26N4O2S/c1-18-12-14-21(15-13-18)24-23(26-29-25(30-33-26)22-11-7-17-34-22)19(2)31(27(32)28-24)16-6-10-20-8-4-3-5-9-20/h3-5,7-9,11-15,17,24H,6,10,16H2,1-2H3,(H,28,32). The molecule has 172 valence electrons. The van der Waals surface area contributed by atoms with Gasteiger partial charge in [-0.25, -0.2) is 4.79 Å². The number of hydrogen-bond acceptors (Lipinski definition) is 5. The maximum atomic E-state index is 13.2. The molecule has 5 rings (SSSR count). The Balaban J connectivity index is 1.48. The molecule has 1 aliphatic heterocycles. The van der Waals surface area contributed by atoms with Gasteiger partial charge in [-0.3, -0.25) is 4.90 Å². The normalized spacial score (nSPS) is 16.1. The monoisotopic (exact) mass is 470 g/mol. The van der Waals surface area contributed by atoms with Gasteiger partial charge >= 0.3 is 6.03 Å². The molecular formula is C27H26N4O2S. The number of nitrogens with zero attached hydrogens (tertiary/aromatic N) is 3. The first-order valence-electron chi connectivity index (χ1n) is 11.4. The second kappa shape index (κ2) is 9.65. The summed E-state index contributed by atoms with van der Waals surface area (Å²) in [6, 6.07) is 21.9. The molecule has 7 heteroatoms. The molecule has 6 nitrogen and oxygen atoms in total. The van der Waals surface area contributed by atoms with Gasteiger partial charge in [-0.05, 0) is 49.3 Å². The highest BCUT2D eigenvalue weighted by atomic mass is 32.1. The zero-order chi connectivity index (χ0) is 23.5. The predicted molar refractivity (Wildman–Crippen MR) is 134 cm³/mol. The van der Waals surface area contributed by atoms with Crippen LogP contribution >= 0.6 is 11.3 Å². The summed E-state index contributed by atoms with van der Waals surface area (Å²) in [5, 5.41) is 9.38. The lowest BCUT2D eigenvalue weighted by molar-refractivity contribution is 0.204. The highest BCUT2D eigenvalue weighted by molar-refractivity contribution is 7.13. The molecule has 1 N–H and O–H groups in total. The zero-order valence-electron chi connectivity index (χ0n) is 19.2. The number of benzene rings is 2. The number of aryl methyl sites for hydroxylation is 2. The smallest absolute Gasteiger partial charge is 0.322 e. The summed E-state index contributed by atoms with van der Waals surface area (Å²) in [5.74, 6) is 0.986. The fourth-order valence-electron chi connectivity index (χ4n) is 4.26. The molecule has 2 aromatic carbocycles. The summed E-state index contributed by atoms with van der Waals surface area (Å²) in [6.45, 7) is 4.61. The van der Waals surface area contributed by atoms with Gasteiger partial charge in [-0.15, -0.1) is 11.3 Å². The van der Waals surface area contributed by atoms with Gasteiger partial charge in [0.05, 0.1) is 16.5 Å². The number of aromatic nitrogens is 2. The first kappa shape index (κ1) is 22.1. The van der Waals surface area contributed by atoms with Crippen LogP contribution in [0.3, 0.4) is 0 Å². The van der Waals surface area contributed by atoms with Crippen LogP contribution < -0.4 is 5.32 Å². The van der Waals surface area contributed by atoms with Crippen molar-refractivity contribution in [1.29, 1.82) is 0 Å². The molecule has 1 aliphatic rings. The fraction of sp³-hybridized carbons (Fsp3) is 0.222. The van der Waals surface area contributed by atoms with Crippen LogP contribution in [0.25, 0.3) is 16.3 Å². The third-order valence-corrected chi connectivity index (χ3v) is 6.96. The third kappa shape index (κ3) is 4.52. The van der Waals surface area contributed by atoms with E-state index in [2.05, 4.69) is 22.6 Å². The summed E-state index contributed by atoms with van der Waals surface area (Å²) in [5.41, 5.74) is 5.07. The maximum Gasteiger partial charge on any atom is 0.322 e. The van der Waals surface area contributed by atoms with Crippen LogP contribution in [-0.2, 0) is 6.42 Å². The van der Waals surface area contributed by atoms with E-state index in [4.69, 9.17) is 9.51 Å². The minimum atomic E-state index is -0.366. The highest BCUT2D eigenvalue weighted by Gasteiger charge is 2.35. The molecule has 2 aromatic heterocycles. The molecule has 1 atom stereocenters. The van der Waals surface area contributed by atoms with E-state index >= 15 is 0 Å². The van der Waals surface area contributed by atoms with E-state index in [1.54, 1.807) is 16.2 Å². The Morgan fingerprint density at radius 2 is 1.82 bits per heavy atom. The number of urea groups is 1. The number of hydrogen-bond donors (Lipinski definition) is 1. The summed E-state index contributed by atoms with van der Waals surface area (Å²) < 4.78 is 5.74. The van der Waals surface area contributed by atoms with E-state index in [1.165, 1.54) is 5.56 Å². The number of allylic oxidation sites excluding steroid dienone is 1. The molecule has 0 fully saturated rings. The Morgan fingerprint density at radius 1 is 1.03 bits per heavy atom. The molecule has 0 saturated heterocycles. The highest BCUT2D eigenvalue weighted by Crippen LogP contribution is 2.37. The molecule has 1 unspecified atom stereocenters. The summed E-state index contributed by atoms with van der Waals surface area (Å²) in [4.78, 5) is 20.6. The number of rotatable bonds is 7. The van der Waals surface area contributed by atoms with Crippen molar-refractivity contribution < 1.29 is 9.32 Å². The van der Waals surface area contributed by atoms with Gasteiger partial charge < -0.3 is 9.84 Å². The Labute approximate surface area is 202 Å². The first-order valence-corrected chi connectivity index (χ1v) is 12.3. The molecule has 0 bridgehead atoms. The second-order valence-corrected chi connectivity index (χ2v) is 9.38. The van der Waals surface area contributed by atoms with Crippen molar-refractivity contribution >= 4 is 22.9 Å². The van der Waals surface area contributed by atoms with Gasteiger partial charge in [0.2, 0.25) is 5.82 Å². The Hall–Kier alpha value is -3.71. The average Bonchev–Trinajstić information content (AvgIpc) is 3.54. The van der Waals surface area contributed by atoms with E-state index in [1.807, 2.05) is 73.8 Å². The number of carbonyl (C=O) groups is 1. The van der Waals surface area contributed by atoms with Crippen molar-refractivity contribution in [2.24, 2.45) is 0 Å². The average molecular weight is 471 g/mol. The number of carbonyl (C=O) groups excluding carboxylic acids is 1. The van der Waals surface area contributed by atoms with Crippen molar-refractivity contribution in [1.82, 2.24) is 20.4 Å². The van der Waals surface area contributed by atoms with Crippen molar-refractivity contribution in [3.63, 3.8) is 0 Å². The molecule has 0 aliphatic carbocycles. The lowest BCUT2D eigenvalue weighted by Crippen LogP contribution is -2.46. The predicted octanol–water partition coefficient (Wildman–Crippen LogP) is 6.24. The largest absolute Gasteiger partial charge is 0.334 e. The van der Waals surface area contributed by atoms with Crippen molar-refractivity contribution in [2.75, 3.05) is 6.54 Å². The lowest BCUT2D eigenvalue weighted by Gasteiger charge is -2.35. The van der Waals surface area contributed by atoms with E-state index < -0.39 is 0 Å². The van der Waals surface area contributed by atoms with Crippen LogP contribution in [0.2, 0.25) is 0 Å². The van der Waals surface area contributed by atoms with Gasteiger partial charge in [-0.1, -0.05) is 71.4 Å². The second-order valence-electron chi connectivity index (χ2n) is 8.43.